The Morgan fingerprint density at radius 1 is 1.00 bits per heavy atom. The van der Waals surface area contributed by atoms with E-state index >= 15 is 0 Å². The monoisotopic (exact) mass is 341 g/mol. The Morgan fingerprint density at radius 2 is 1.79 bits per heavy atom. The zero-order valence-electron chi connectivity index (χ0n) is 14.2. The van der Waals surface area contributed by atoms with Crippen molar-refractivity contribution < 1.29 is 4.42 Å². The van der Waals surface area contributed by atoms with Crippen molar-refractivity contribution in [1.82, 2.24) is 4.90 Å². The SMILES string of the molecule is CC(C)N(C/C=C/c1ccccc1)Cc1cccc2ccoc12.Cl. The van der Waals surface area contributed by atoms with Crippen LogP contribution < -0.4 is 0 Å². The molecule has 0 unspecified atom stereocenters. The summed E-state index contributed by atoms with van der Waals surface area (Å²) in [7, 11) is 0. The van der Waals surface area contributed by atoms with E-state index in [1.807, 2.05) is 12.1 Å². The average Bonchev–Trinajstić information content (AvgIpc) is 3.04. The van der Waals surface area contributed by atoms with Crippen molar-refractivity contribution in [3.05, 3.63) is 78.1 Å². The maximum atomic E-state index is 5.66. The zero-order valence-corrected chi connectivity index (χ0v) is 15.0. The van der Waals surface area contributed by atoms with Gasteiger partial charge < -0.3 is 4.42 Å². The van der Waals surface area contributed by atoms with Gasteiger partial charge in [-0.1, -0.05) is 60.7 Å². The van der Waals surface area contributed by atoms with Gasteiger partial charge in [-0.25, -0.2) is 0 Å². The highest BCUT2D eigenvalue weighted by atomic mass is 35.5. The second-order valence-corrected chi connectivity index (χ2v) is 6.09. The number of halogens is 1. The van der Waals surface area contributed by atoms with Crippen LogP contribution in [0.2, 0.25) is 0 Å². The molecule has 126 valence electrons. The molecule has 3 rings (SSSR count). The summed E-state index contributed by atoms with van der Waals surface area (Å²) < 4.78 is 5.66. The molecule has 0 atom stereocenters. The first kappa shape index (κ1) is 18.3. The molecule has 2 nitrogen and oxygen atoms in total. The maximum Gasteiger partial charge on any atom is 0.138 e. The summed E-state index contributed by atoms with van der Waals surface area (Å²) in [6, 6.07) is 19.3. The Kier molecular flexibility index (Phi) is 6.65. The normalized spacial score (nSPS) is 11.5. The highest BCUT2D eigenvalue weighted by Crippen LogP contribution is 2.22. The largest absolute Gasteiger partial charge is 0.464 e. The van der Waals surface area contributed by atoms with Crippen LogP contribution in [0, 0.1) is 0 Å². The molecule has 0 saturated heterocycles. The van der Waals surface area contributed by atoms with Crippen molar-refractivity contribution in [1.29, 1.82) is 0 Å². The van der Waals surface area contributed by atoms with Crippen LogP contribution in [0.5, 0.6) is 0 Å². The molecule has 0 aliphatic carbocycles. The summed E-state index contributed by atoms with van der Waals surface area (Å²) in [5, 5.41) is 1.17. The van der Waals surface area contributed by atoms with Crippen molar-refractivity contribution in [2.45, 2.75) is 26.4 Å². The molecule has 0 aliphatic heterocycles. The molecule has 1 heterocycles. The summed E-state index contributed by atoms with van der Waals surface area (Å²) in [4.78, 5) is 2.44. The van der Waals surface area contributed by atoms with E-state index in [1.54, 1.807) is 6.26 Å². The lowest BCUT2D eigenvalue weighted by molar-refractivity contribution is 0.237. The van der Waals surface area contributed by atoms with Crippen molar-refractivity contribution in [3.63, 3.8) is 0 Å². The topological polar surface area (TPSA) is 16.4 Å². The highest BCUT2D eigenvalue weighted by molar-refractivity contribution is 5.85. The lowest BCUT2D eigenvalue weighted by atomic mass is 10.1. The molecule has 0 fully saturated rings. The fraction of sp³-hybridized carbons (Fsp3) is 0.238. The number of rotatable bonds is 6. The van der Waals surface area contributed by atoms with Gasteiger partial charge in [0.2, 0.25) is 0 Å². The van der Waals surface area contributed by atoms with E-state index in [0.29, 0.717) is 6.04 Å². The van der Waals surface area contributed by atoms with Crippen LogP contribution >= 0.6 is 12.4 Å². The Bertz CT molecular complexity index is 777. The number of benzene rings is 2. The lowest BCUT2D eigenvalue weighted by Crippen LogP contribution is -2.30. The number of para-hydroxylation sites is 1. The maximum absolute atomic E-state index is 5.66. The average molecular weight is 342 g/mol. The van der Waals surface area contributed by atoms with Crippen LogP contribution in [0.4, 0.5) is 0 Å². The quantitative estimate of drug-likeness (QED) is 0.565. The minimum Gasteiger partial charge on any atom is -0.464 e. The molecule has 0 bridgehead atoms. The minimum atomic E-state index is 0. The molecule has 3 heteroatoms. The minimum absolute atomic E-state index is 0. The smallest absolute Gasteiger partial charge is 0.138 e. The molecule has 0 spiro atoms. The van der Waals surface area contributed by atoms with Crippen LogP contribution in [0.15, 0.2) is 71.4 Å². The van der Waals surface area contributed by atoms with Gasteiger partial charge in [0.25, 0.3) is 0 Å². The van der Waals surface area contributed by atoms with Gasteiger partial charge in [-0.15, -0.1) is 12.4 Å². The second kappa shape index (κ2) is 8.72. The molecule has 1 aromatic heterocycles. The first-order valence-electron chi connectivity index (χ1n) is 8.15. The molecule has 0 aliphatic rings. The van der Waals surface area contributed by atoms with Crippen LogP contribution in [0.25, 0.3) is 17.0 Å². The van der Waals surface area contributed by atoms with Gasteiger partial charge in [-0.2, -0.15) is 0 Å². The van der Waals surface area contributed by atoms with Gasteiger partial charge in [-0.05, 0) is 25.5 Å². The molecule has 0 radical (unpaired) electrons. The number of nitrogens with zero attached hydrogens (tertiary/aromatic N) is 1. The predicted molar refractivity (Wildman–Crippen MR) is 104 cm³/mol. The van der Waals surface area contributed by atoms with Crippen LogP contribution in [-0.2, 0) is 6.54 Å². The number of furan rings is 1. The van der Waals surface area contributed by atoms with Gasteiger partial charge in [0.05, 0.1) is 6.26 Å². The molecule has 24 heavy (non-hydrogen) atoms. The lowest BCUT2D eigenvalue weighted by Gasteiger charge is -2.25. The molecule has 2 aromatic carbocycles. The molecular weight excluding hydrogens is 318 g/mol. The predicted octanol–water partition coefficient (Wildman–Crippen LogP) is 5.78. The van der Waals surface area contributed by atoms with E-state index in [2.05, 4.69) is 73.4 Å². The first-order chi connectivity index (χ1) is 11.2. The summed E-state index contributed by atoms with van der Waals surface area (Å²) in [5.41, 5.74) is 3.49. The Morgan fingerprint density at radius 3 is 2.54 bits per heavy atom. The second-order valence-electron chi connectivity index (χ2n) is 6.09. The standard InChI is InChI=1S/C21H23NO.ClH/c1-17(2)22(14-7-10-18-8-4-3-5-9-18)16-20-12-6-11-19-13-15-23-21(19)20;/h3-13,15,17H,14,16H2,1-2H3;1H/b10-7+;. The molecule has 0 N–H and O–H groups in total. The fourth-order valence-electron chi connectivity index (χ4n) is 2.74. The Hall–Kier alpha value is -2.03. The van der Waals surface area contributed by atoms with Crippen molar-refractivity contribution in [2.75, 3.05) is 6.54 Å². The van der Waals surface area contributed by atoms with Gasteiger partial charge in [0.1, 0.15) is 5.58 Å². The summed E-state index contributed by atoms with van der Waals surface area (Å²) >= 11 is 0. The number of hydrogen-bond donors (Lipinski definition) is 0. The summed E-state index contributed by atoms with van der Waals surface area (Å²) in [6.45, 7) is 6.28. The van der Waals surface area contributed by atoms with Gasteiger partial charge in [-0.3, -0.25) is 4.90 Å². The third kappa shape index (κ3) is 4.50. The van der Waals surface area contributed by atoms with Crippen LogP contribution in [0.1, 0.15) is 25.0 Å². The van der Waals surface area contributed by atoms with Crippen molar-refractivity contribution in [3.8, 4) is 0 Å². The summed E-state index contributed by atoms with van der Waals surface area (Å²) in [5.74, 6) is 0. The first-order valence-corrected chi connectivity index (χ1v) is 8.15. The van der Waals surface area contributed by atoms with Gasteiger partial charge in [0.15, 0.2) is 0 Å². The third-order valence-corrected chi connectivity index (χ3v) is 4.11. The van der Waals surface area contributed by atoms with E-state index in [0.717, 1.165) is 18.7 Å². The van der Waals surface area contributed by atoms with Crippen LogP contribution in [-0.4, -0.2) is 17.5 Å². The van der Waals surface area contributed by atoms with Crippen molar-refractivity contribution >= 4 is 29.5 Å². The van der Waals surface area contributed by atoms with E-state index < -0.39 is 0 Å². The van der Waals surface area contributed by atoms with Crippen molar-refractivity contribution in [2.24, 2.45) is 0 Å². The molecule has 0 amide bonds. The van der Waals surface area contributed by atoms with E-state index in [-0.39, 0.29) is 12.4 Å². The van der Waals surface area contributed by atoms with Crippen LogP contribution in [0.3, 0.4) is 0 Å². The highest BCUT2D eigenvalue weighted by Gasteiger charge is 2.12. The third-order valence-electron chi connectivity index (χ3n) is 4.11. The molecule has 3 aromatic rings. The molecule has 0 saturated carbocycles. The molecular formula is C21H24ClNO. The van der Waals surface area contributed by atoms with E-state index in [4.69, 9.17) is 4.42 Å². The number of fused-ring (bicyclic) bond motifs is 1. The Labute approximate surface area is 150 Å². The number of hydrogen-bond acceptors (Lipinski definition) is 2. The van der Waals surface area contributed by atoms with E-state index in [1.165, 1.54) is 16.5 Å². The fourth-order valence-corrected chi connectivity index (χ4v) is 2.74. The van der Waals surface area contributed by atoms with Gasteiger partial charge >= 0.3 is 0 Å². The van der Waals surface area contributed by atoms with Gasteiger partial charge in [0, 0.05) is 30.1 Å². The zero-order chi connectivity index (χ0) is 16.1. The van der Waals surface area contributed by atoms with E-state index in [9.17, 15) is 0 Å². The summed E-state index contributed by atoms with van der Waals surface area (Å²) in [6.07, 6.45) is 6.18. The Balaban J connectivity index is 0.00000208.